The molecule has 1 aromatic heterocycles. The maximum absolute atomic E-state index is 5.64. The summed E-state index contributed by atoms with van der Waals surface area (Å²) in [5.41, 5.74) is 0. The molecule has 82 valence electrons. The van der Waals surface area contributed by atoms with Crippen LogP contribution in [0.15, 0.2) is 12.4 Å². The Bertz CT molecular complexity index is 296. The van der Waals surface area contributed by atoms with Gasteiger partial charge in [-0.05, 0) is 25.9 Å². The van der Waals surface area contributed by atoms with Gasteiger partial charge in [-0.3, -0.25) is 0 Å². The van der Waals surface area contributed by atoms with Gasteiger partial charge in [0.05, 0.1) is 19.5 Å². The number of methoxy groups -OCH3 is 1. The van der Waals surface area contributed by atoms with Gasteiger partial charge < -0.3 is 14.8 Å². The molecule has 1 aliphatic rings. The highest BCUT2D eigenvalue weighted by Gasteiger charge is 2.15. The maximum Gasteiger partial charge on any atom is 0.316 e. The van der Waals surface area contributed by atoms with Gasteiger partial charge >= 0.3 is 6.01 Å². The van der Waals surface area contributed by atoms with Crippen molar-refractivity contribution >= 4 is 0 Å². The molecule has 0 bridgehead atoms. The first kappa shape index (κ1) is 10.2. The van der Waals surface area contributed by atoms with E-state index in [0.29, 0.717) is 11.8 Å². The van der Waals surface area contributed by atoms with Gasteiger partial charge in [-0.2, -0.15) is 9.97 Å². The lowest BCUT2D eigenvalue weighted by molar-refractivity contribution is 0.148. The molecule has 1 N–H and O–H groups in total. The van der Waals surface area contributed by atoms with Crippen LogP contribution >= 0.6 is 0 Å². The molecule has 0 atom stereocenters. The summed E-state index contributed by atoms with van der Waals surface area (Å²) >= 11 is 0. The Morgan fingerprint density at radius 1 is 1.27 bits per heavy atom. The van der Waals surface area contributed by atoms with Crippen molar-refractivity contribution in [2.45, 2.75) is 18.9 Å². The second-order valence-corrected chi connectivity index (χ2v) is 3.47. The summed E-state index contributed by atoms with van der Waals surface area (Å²) in [6, 6.07) is 0.433. The molecule has 15 heavy (non-hydrogen) atoms. The molecule has 2 rings (SSSR count). The quantitative estimate of drug-likeness (QED) is 0.790. The average molecular weight is 209 g/mol. The number of aromatic nitrogens is 2. The minimum Gasteiger partial charge on any atom is -0.494 e. The fraction of sp³-hybridized carbons (Fsp3) is 0.600. The molecule has 0 saturated carbocycles. The van der Waals surface area contributed by atoms with E-state index < -0.39 is 0 Å². The SMILES string of the molecule is COc1cnc(OC2CCNCC2)nc1. The van der Waals surface area contributed by atoms with Gasteiger partial charge in [-0.25, -0.2) is 0 Å². The predicted molar refractivity (Wildman–Crippen MR) is 55.1 cm³/mol. The third-order valence-corrected chi connectivity index (χ3v) is 2.40. The van der Waals surface area contributed by atoms with Crippen molar-refractivity contribution in [2.24, 2.45) is 0 Å². The molecule has 0 spiro atoms. The zero-order chi connectivity index (χ0) is 10.5. The van der Waals surface area contributed by atoms with Gasteiger partial charge in [0.2, 0.25) is 0 Å². The molecular weight excluding hydrogens is 194 g/mol. The highest BCUT2D eigenvalue weighted by atomic mass is 16.5. The standard InChI is InChI=1S/C10H15N3O2/c1-14-9-6-12-10(13-7-9)15-8-2-4-11-5-3-8/h6-8,11H,2-5H2,1H3. The van der Waals surface area contributed by atoms with Crippen LogP contribution in [0.5, 0.6) is 11.8 Å². The molecule has 0 amide bonds. The van der Waals surface area contributed by atoms with Gasteiger partial charge in [0.15, 0.2) is 5.75 Å². The van der Waals surface area contributed by atoms with Crippen LogP contribution in [0.4, 0.5) is 0 Å². The Morgan fingerprint density at radius 2 is 1.93 bits per heavy atom. The molecule has 1 saturated heterocycles. The first-order chi connectivity index (χ1) is 7.38. The Morgan fingerprint density at radius 3 is 2.53 bits per heavy atom. The van der Waals surface area contributed by atoms with E-state index in [2.05, 4.69) is 15.3 Å². The summed E-state index contributed by atoms with van der Waals surface area (Å²) in [7, 11) is 1.59. The molecule has 0 radical (unpaired) electrons. The molecule has 5 nitrogen and oxygen atoms in total. The summed E-state index contributed by atoms with van der Waals surface area (Å²) in [5.74, 6) is 0.646. The van der Waals surface area contributed by atoms with Gasteiger partial charge in [0.25, 0.3) is 0 Å². The van der Waals surface area contributed by atoms with E-state index in [4.69, 9.17) is 9.47 Å². The minimum atomic E-state index is 0.236. The molecule has 1 aliphatic heterocycles. The molecule has 5 heteroatoms. The van der Waals surface area contributed by atoms with Crippen molar-refractivity contribution in [1.82, 2.24) is 15.3 Å². The highest BCUT2D eigenvalue weighted by Crippen LogP contribution is 2.13. The van der Waals surface area contributed by atoms with Gasteiger partial charge in [0.1, 0.15) is 6.10 Å². The third-order valence-electron chi connectivity index (χ3n) is 2.40. The van der Waals surface area contributed by atoms with Crippen LogP contribution in [-0.4, -0.2) is 36.3 Å². The Labute approximate surface area is 88.8 Å². The summed E-state index contributed by atoms with van der Waals surface area (Å²) in [5, 5.41) is 3.28. The monoisotopic (exact) mass is 209 g/mol. The summed E-state index contributed by atoms with van der Waals surface area (Å²) in [6.45, 7) is 2.00. The minimum absolute atomic E-state index is 0.236. The summed E-state index contributed by atoms with van der Waals surface area (Å²) < 4.78 is 10.6. The van der Waals surface area contributed by atoms with E-state index in [9.17, 15) is 0 Å². The topological polar surface area (TPSA) is 56.3 Å². The number of hydrogen-bond donors (Lipinski definition) is 1. The number of nitrogens with zero attached hydrogens (tertiary/aromatic N) is 2. The Balaban J connectivity index is 1.91. The molecule has 0 aliphatic carbocycles. The van der Waals surface area contributed by atoms with E-state index in [1.54, 1.807) is 19.5 Å². The van der Waals surface area contributed by atoms with Gasteiger partial charge in [-0.15, -0.1) is 0 Å². The van der Waals surface area contributed by atoms with Crippen molar-refractivity contribution < 1.29 is 9.47 Å². The lowest BCUT2D eigenvalue weighted by Crippen LogP contribution is -2.34. The van der Waals surface area contributed by atoms with Crippen molar-refractivity contribution in [2.75, 3.05) is 20.2 Å². The highest BCUT2D eigenvalue weighted by molar-refractivity contribution is 5.13. The molecule has 1 fully saturated rings. The fourth-order valence-electron chi connectivity index (χ4n) is 1.53. The van der Waals surface area contributed by atoms with Gasteiger partial charge in [-0.1, -0.05) is 0 Å². The molecule has 1 aromatic rings. The largest absolute Gasteiger partial charge is 0.494 e. The van der Waals surface area contributed by atoms with Crippen LogP contribution in [0.3, 0.4) is 0 Å². The van der Waals surface area contributed by atoms with Crippen LogP contribution in [0.25, 0.3) is 0 Å². The maximum atomic E-state index is 5.64. The number of hydrogen-bond acceptors (Lipinski definition) is 5. The predicted octanol–water partition coefficient (Wildman–Crippen LogP) is 0.616. The normalized spacial score (nSPS) is 17.4. The first-order valence-electron chi connectivity index (χ1n) is 5.12. The third kappa shape index (κ3) is 2.79. The van der Waals surface area contributed by atoms with Crippen LogP contribution in [0, 0.1) is 0 Å². The van der Waals surface area contributed by atoms with Crippen molar-refractivity contribution in [3.8, 4) is 11.8 Å². The molecule has 0 aromatic carbocycles. The lowest BCUT2D eigenvalue weighted by atomic mass is 10.1. The van der Waals surface area contributed by atoms with Crippen LogP contribution in [0.1, 0.15) is 12.8 Å². The van der Waals surface area contributed by atoms with Gasteiger partial charge in [0, 0.05) is 0 Å². The second kappa shape index (κ2) is 4.93. The first-order valence-corrected chi connectivity index (χ1v) is 5.12. The van der Waals surface area contributed by atoms with Crippen LogP contribution < -0.4 is 14.8 Å². The Hall–Kier alpha value is -1.36. The number of ether oxygens (including phenoxy) is 2. The van der Waals surface area contributed by atoms with Crippen LogP contribution in [0.2, 0.25) is 0 Å². The van der Waals surface area contributed by atoms with Crippen LogP contribution in [-0.2, 0) is 0 Å². The number of nitrogens with one attached hydrogen (secondary N) is 1. The lowest BCUT2D eigenvalue weighted by Gasteiger charge is -2.22. The summed E-state index contributed by atoms with van der Waals surface area (Å²) in [6.07, 6.45) is 5.48. The van der Waals surface area contributed by atoms with E-state index in [1.165, 1.54) is 0 Å². The molecule has 0 unspecified atom stereocenters. The molecule has 2 heterocycles. The second-order valence-electron chi connectivity index (χ2n) is 3.47. The van der Waals surface area contributed by atoms with Crippen molar-refractivity contribution in [3.63, 3.8) is 0 Å². The zero-order valence-corrected chi connectivity index (χ0v) is 8.77. The fourth-order valence-corrected chi connectivity index (χ4v) is 1.53. The van der Waals surface area contributed by atoms with E-state index >= 15 is 0 Å². The van der Waals surface area contributed by atoms with Crippen molar-refractivity contribution in [1.29, 1.82) is 0 Å². The average Bonchev–Trinajstić information content (AvgIpc) is 2.31. The van der Waals surface area contributed by atoms with E-state index in [1.807, 2.05) is 0 Å². The van der Waals surface area contributed by atoms with Crippen molar-refractivity contribution in [3.05, 3.63) is 12.4 Å². The Kier molecular flexibility index (Phi) is 3.34. The smallest absolute Gasteiger partial charge is 0.316 e. The van der Waals surface area contributed by atoms with E-state index in [-0.39, 0.29) is 6.10 Å². The number of rotatable bonds is 3. The summed E-state index contributed by atoms with van der Waals surface area (Å²) in [4.78, 5) is 8.13. The number of piperidine rings is 1. The zero-order valence-electron chi connectivity index (χ0n) is 8.77. The van der Waals surface area contributed by atoms with E-state index in [0.717, 1.165) is 25.9 Å². The molecular formula is C10H15N3O2.